The standard InChI is InChI=1S/C13H12N4O/c1-15-9-10-3-2-4-12(7-10)18-13-11(8-14)5-6-16-17-13/h2-7,15H,9H2,1H3. The fraction of sp³-hybridized carbons (Fsp3) is 0.154. The number of ether oxygens (including phenoxy) is 1. The Balaban J connectivity index is 2.23. The summed E-state index contributed by atoms with van der Waals surface area (Å²) in [7, 11) is 1.88. The van der Waals surface area contributed by atoms with Crippen molar-refractivity contribution in [3.05, 3.63) is 47.7 Å². The molecule has 0 saturated heterocycles. The predicted octanol–water partition coefficient (Wildman–Crippen LogP) is 1.86. The molecule has 5 nitrogen and oxygen atoms in total. The molecule has 0 unspecified atom stereocenters. The fourth-order valence-corrected chi connectivity index (χ4v) is 1.51. The van der Waals surface area contributed by atoms with Crippen LogP contribution < -0.4 is 10.1 Å². The summed E-state index contributed by atoms with van der Waals surface area (Å²) in [5, 5.41) is 19.5. The third-order valence-corrected chi connectivity index (χ3v) is 2.30. The summed E-state index contributed by atoms with van der Waals surface area (Å²) >= 11 is 0. The van der Waals surface area contributed by atoms with Crippen molar-refractivity contribution in [2.24, 2.45) is 0 Å². The largest absolute Gasteiger partial charge is 0.437 e. The molecule has 0 spiro atoms. The van der Waals surface area contributed by atoms with Crippen molar-refractivity contribution >= 4 is 0 Å². The van der Waals surface area contributed by atoms with E-state index in [1.165, 1.54) is 6.20 Å². The maximum Gasteiger partial charge on any atom is 0.256 e. The molecule has 0 saturated carbocycles. The SMILES string of the molecule is CNCc1cccc(Oc2nnccc2C#N)c1. The Morgan fingerprint density at radius 1 is 1.39 bits per heavy atom. The molecule has 0 bridgehead atoms. The van der Waals surface area contributed by atoms with Gasteiger partial charge in [-0.15, -0.1) is 5.10 Å². The van der Waals surface area contributed by atoms with Gasteiger partial charge in [0.2, 0.25) is 0 Å². The average molecular weight is 240 g/mol. The minimum Gasteiger partial charge on any atom is -0.437 e. The van der Waals surface area contributed by atoms with Gasteiger partial charge in [0.05, 0.1) is 6.20 Å². The lowest BCUT2D eigenvalue weighted by molar-refractivity contribution is 0.452. The van der Waals surface area contributed by atoms with Gasteiger partial charge in [-0.2, -0.15) is 10.4 Å². The molecule has 0 aliphatic carbocycles. The summed E-state index contributed by atoms with van der Waals surface area (Å²) in [4.78, 5) is 0. The van der Waals surface area contributed by atoms with Crippen LogP contribution >= 0.6 is 0 Å². The van der Waals surface area contributed by atoms with Crippen molar-refractivity contribution in [3.8, 4) is 17.7 Å². The highest BCUT2D eigenvalue weighted by molar-refractivity contribution is 5.39. The van der Waals surface area contributed by atoms with Gasteiger partial charge in [0.25, 0.3) is 5.88 Å². The van der Waals surface area contributed by atoms with Gasteiger partial charge in [0.1, 0.15) is 17.4 Å². The van der Waals surface area contributed by atoms with E-state index in [-0.39, 0.29) is 5.88 Å². The maximum atomic E-state index is 8.93. The Labute approximate surface area is 105 Å². The van der Waals surface area contributed by atoms with Crippen LogP contribution in [0.5, 0.6) is 11.6 Å². The topological polar surface area (TPSA) is 70.8 Å². The number of nitrogens with one attached hydrogen (secondary N) is 1. The second kappa shape index (κ2) is 5.75. The van der Waals surface area contributed by atoms with Gasteiger partial charge < -0.3 is 10.1 Å². The van der Waals surface area contributed by atoms with E-state index in [0.29, 0.717) is 11.3 Å². The first-order valence-electron chi connectivity index (χ1n) is 5.46. The molecule has 0 fully saturated rings. The smallest absolute Gasteiger partial charge is 0.256 e. The second-order valence-electron chi connectivity index (χ2n) is 3.64. The van der Waals surface area contributed by atoms with Gasteiger partial charge in [-0.3, -0.25) is 0 Å². The van der Waals surface area contributed by atoms with E-state index in [0.717, 1.165) is 12.1 Å². The molecule has 0 atom stereocenters. The molecule has 1 heterocycles. The van der Waals surface area contributed by atoms with Gasteiger partial charge in [0, 0.05) is 6.54 Å². The first-order chi connectivity index (χ1) is 8.83. The van der Waals surface area contributed by atoms with Crippen molar-refractivity contribution in [3.63, 3.8) is 0 Å². The first kappa shape index (κ1) is 12.0. The van der Waals surface area contributed by atoms with E-state index in [2.05, 4.69) is 15.5 Å². The number of rotatable bonds is 4. The van der Waals surface area contributed by atoms with Crippen LogP contribution in [0, 0.1) is 11.3 Å². The quantitative estimate of drug-likeness (QED) is 0.883. The zero-order valence-corrected chi connectivity index (χ0v) is 9.92. The van der Waals surface area contributed by atoms with Crippen molar-refractivity contribution in [2.45, 2.75) is 6.54 Å². The third kappa shape index (κ3) is 2.81. The third-order valence-electron chi connectivity index (χ3n) is 2.30. The first-order valence-corrected chi connectivity index (χ1v) is 5.46. The number of nitriles is 1. The van der Waals surface area contributed by atoms with Crippen LogP contribution in [-0.4, -0.2) is 17.2 Å². The molecule has 5 heteroatoms. The molecule has 1 aromatic heterocycles. The summed E-state index contributed by atoms with van der Waals surface area (Å²) in [6, 6.07) is 11.2. The zero-order valence-electron chi connectivity index (χ0n) is 9.92. The molecule has 1 N–H and O–H groups in total. The minimum absolute atomic E-state index is 0.224. The van der Waals surface area contributed by atoms with E-state index < -0.39 is 0 Å². The van der Waals surface area contributed by atoms with Crippen LogP contribution in [0.2, 0.25) is 0 Å². The molecule has 0 amide bonds. The van der Waals surface area contributed by atoms with E-state index in [4.69, 9.17) is 10.00 Å². The Morgan fingerprint density at radius 3 is 3.06 bits per heavy atom. The lowest BCUT2D eigenvalue weighted by Crippen LogP contribution is -2.04. The number of aromatic nitrogens is 2. The highest BCUT2D eigenvalue weighted by Crippen LogP contribution is 2.22. The number of nitrogens with zero attached hydrogens (tertiary/aromatic N) is 3. The molecule has 90 valence electrons. The van der Waals surface area contributed by atoms with Crippen LogP contribution in [0.1, 0.15) is 11.1 Å². The normalized spacial score (nSPS) is 9.78. The van der Waals surface area contributed by atoms with Gasteiger partial charge in [-0.1, -0.05) is 12.1 Å². The Hall–Kier alpha value is -2.45. The van der Waals surface area contributed by atoms with Gasteiger partial charge in [-0.25, -0.2) is 0 Å². The minimum atomic E-state index is 0.224. The lowest BCUT2D eigenvalue weighted by atomic mass is 10.2. The monoisotopic (exact) mass is 240 g/mol. The number of benzene rings is 1. The number of hydrogen-bond acceptors (Lipinski definition) is 5. The molecule has 0 radical (unpaired) electrons. The van der Waals surface area contributed by atoms with E-state index in [1.54, 1.807) is 6.07 Å². The van der Waals surface area contributed by atoms with E-state index >= 15 is 0 Å². The Kier molecular flexibility index (Phi) is 3.84. The summed E-state index contributed by atoms with van der Waals surface area (Å²) < 4.78 is 5.56. The van der Waals surface area contributed by atoms with Crippen LogP contribution in [-0.2, 0) is 6.54 Å². The van der Waals surface area contributed by atoms with Gasteiger partial charge in [0.15, 0.2) is 0 Å². The van der Waals surface area contributed by atoms with Crippen LogP contribution in [0.25, 0.3) is 0 Å². The van der Waals surface area contributed by atoms with Crippen molar-refractivity contribution in [2.75, 3.05) is 7.05 Å². The molecular weight excluding hydrogens is 228 g/mol. The molecule has 2 rings (SSSR count). The van der Waals surface area contributed by atoms with E-state index in [9.17, 15) is 0 Å². The summed E-state index contributed by atoms with van der Waals surface area (Å²) in [5.74, 6) is 0.862. The zero-order chi connectivity index (χ0) is 12.8. The maximum absolute atomic E-state index is 8.93. The number of hydrogen-bond donors (Lipinski definition) is 1. The Morgan fingerprint density at radius 2 is 2.28 bits per heavy atom. The van der Waals surface area contributed by atoms with Gasteiger partial charge in [-0.05, 0) is 30.8 Å². The summed E-state index contributed by atoms with van der Waals surface area (Å²) in [5.41, 5.74) is 1.46. The highest BCUT2D eigenvalue weighted by Gasteiger charge is 2.06. The predicted molar refractivity (Wildman–Crippen MR) is 66.0 cm³/mol. The van der Waals surface area contributed by atoms with Crippen molar-refractivity contribution in [1.29, 1.82) is 5.26 Å². The van der Waals surface area contributed by atoms with Gasteiger partial charge >= 0.3 is 0 Å². The molecule has 2 aromatic rings. The molecule has 0 aliphatic rings. The van der Waals surface area contributed by atoms with Crippen LogP contribution in [0.15, 0.2) is 36.5 Å². The van der Waals surface area contributed by atoms with Crippen molar-refractivity contribution < 1.29 is 4.74 Å². The molecular formula is C13H12N4O. The second-order valence-corrected chi connectivity index (χ2v) is 3.64. The van der Waals surface area contributed by atoms with Crippen LogP contribution in [0.3, 0.4) is 0 Å². The summed E-state index contributed by atoms with van der Waals surface area (Å²) in [6.07, 6.45) is 1.46. The molecule has 0 aliphatic heterocycles. The van der Waals surface area contributed by atoms with Crippen molar-refractivity contribution in [1.82, 2.24) is 15.5 Å². The fourth-order valence-electron chi connectivity index (χ4n) is 1.51. The molecule has 1 aromatic carbocycles. The van der Waals surface area contributed by atoms with Crippen LogP contribution in [0.4, 0.5) is 0 Å². The average Bonchev–Trinajstić information content (AvgIpc) is 2.40. The van der Waals surface area contributed by atoms with E-state index in [1.807, 2.05) is 37.4 Å². The highest BCUT2D eigenvalue weighted by atomic mass is 16.5. The Bertz CT molecular complexity index is 577. The lowest BCUT2D eigenvalue weighted by Gasteiger charge is -2.07. The molecule has 18 heavy (non-hydrogen) atoms. The summed E-state index contributed by atoms with van der Waals surface area (Å²) in [6.45, 7) is 0.753.